The Morgan fingerprint density at radius 1 is 0.531 bits per heavy atom. The van der Waals surface area contributed by atoms with E-state index in [2.05, 4.69) is 36.6 Å². The average Bonchev–Trinajstić information content (AvgIpc) is 3.41. The molecule has 81 heavy (non-hydrogen) atoms. The van der Waals surface area contributed by atoms with Crippen LogP contribution < -0.4 is 61.0 Å². The maximum absolute atomic E-state index is 14.2. The number of hydrogen-bond donors (Lipinski definition) is 13. The topological polar surface area (TPSA) is 469 Å². The Morgan fingerprint density at radius 2 is 1.00 bits per heavy atom. The molecule has 0 saturated carbocycles. The summed E-state index contributed by atoms with van der Waals surface area (Å²) in [7, 11) is 0. The Kier molecular flexibility index (Phi) is 33.9. The number of ketones is 4. The SMILES string of the molecule is CC[C@H](C)[C@H](NC(=O)[C@@H](CC(=O)[C@@H](NC(=O)[C@H](CC(=O)O)CC(=O)[C@H](C)NC(=O)[C@H](CO)CC(=O)[C@H](CCCN=C(N)N)NC(=O)[C@H](CCCN=C(N)N)CC(=O)[C@H](CCCCN)NC(C)=O)[C@@H](C)CC)Cc1ccccc1)C(N)=O. The molecule has 0 saturated heterocycles. The number of carbonyl (C=O) groups excluding carboxylic acids is 10. The summed E-state index contributed by atoms with van der Waals surface area (Å²) in [4.78, 5) is 156. The van der Waals surface area contributed by atoms with Crippen LogP contribution in [0.2, 0.25) is 0 Å². The smallest absolute Gasteiger partial charge is 0.304 e. The third kappa shape index (κ3) is 28.1. The molecule has 1 aromatic rings. The molecule has 0 heterocycles. The van der Waals surface area contributed by atoms with Gasteiger partial charge < -0.3 is 71.2 Å². The van der Waals surface area contributed by atoms with Crippen molar-refractivity contribution >= 4 is 76.5 Å². The highest BCUT2D eigenvalue weighted by molar-refractivity contribution is 5.99. The molecule has 0 spiro atoms. The van der Waals surface area contributed by atoms with Crippen LogP contribution in [0.3, 0.4) is 0 Å². The highest BCUT2D eigenvalue weighted by Gasteiger charge is 2.37. The zero-order valence-electron chi connectivity index (χ0n) is 47.9. The molecule has 454 valence electrons. The molecule has 26 nitrogen and oxygen atoms in total. The van der Waals surface area contributed by atoms with Gasteiger partial charge in [-0.25, -0.2) is 0 Å². The van der Waals surface area contributed by atoms with E-state index in [0.29, 0.717) is 37.8 Å². The second-order valence-corrected chi connectivity index (χ2v) is 20.8. The first-order valence-electron chi connectivity index (χ1n) is 27.8. The summed E-state index contributed by atoms with van der Waals surface area (Å²) in [6, 6.07) is 2.93. The van der Waals surface area contributed by atoms with E-state index in [1.165, 1.54) is 13.8 Å². The van der Waals surface area contributed by atoms with Crippen LogP contribution in [0, 0.1) is 35.5 Å². The normalized spacial score (nSPS) is 15.2. The number of benzene rings is 1. The van der Waals surface area contributed by atoms with Gasteiger partial charge in [-0.1, -0.05) is 70.9 Å². The van der Waals surface area contributed by atoms with Crippen LogP contribution in [0.15, 0.2) is 40.3 Å². The number of carboxylic acids is 1. The number of aliphatic hydroxyl groups excluding tert-OH is 1. The molecule has 11 atom stereocenters. The molecule has 6 amide bonds. The largest absolute Gasteiger partial charge is 0.481 e. The minimum Gasteiger partial charge on any atom is -0.481 e. The fourth-order valence-corrected chi connectivity index (χ4v) is 8.91. The van der Waals surface area contributed by atoms with Crippen molar-refractivity contribution in [1.82, 2.24) is 26.6 Å². The van der Waals surface area contributed by atoms with Gasteiger partial charge in [0.2, 0.25) is 35.4 Å². The number of rotatable bonds is 43. The number of nitrogens with two attached hydrogens (primary N) is 6. The monoisotopic (exact) mass is 1140 g/mol. The minimum absolute atomic E-state index is 0.0370. The fourth-order valence-electron chi connectivity index (χ4n) is 8.91. The molecule has 0 bridgehead atoms. The Balaban J connectivity index is 3.41. The van der Waals surface area contributed by atoms with Gasteiger partial charge in [-0.05, 0) is 82.2 Å². The van der Waals surface area contributed by atoms with Gasteiger partial charge in [0.25, 0.3) is 0 Å². The van der Waals surface area contributed by atoms with Crippen molar-refractivity contribution in [3.8, 4) is 0 Å². The first-order valence-corrected chi connectivity index (χ1v) is 27.8. The Bertz CT molecular complexity index is 2310. The summed E-state index contributed by atoms with van der Waals surface area (Å²) in [5.74, 6) is -14.8. The summed E-state index contributed by atoms with van der Waals surface area (Å²) < 4.78 is 0. The number of aliphatic hydroxyl groups is 1. The molecule has 0 unspecified atom stereocenters. The van der Waals surface area contributed by atoms with Gasteiger partial charge in [0.05, 0.1) is 49.0 Å². The predicted octanol–water partition coefficient (Wildman–Crippen LogP) is -0.725. The maximum atomic E-state index is 14.2. The van der Waals surface area contributed by atoms with Crippen molar-refractivity contribution in [1.29, 1.82) is 0 Å². The maximum Gasteiger partial charge on any atom is 0.304 e. The molecule has 1 aromatic carbocycles. The number of Topliss-reactive ketones (excluding diaryl/α,β-unsaturated/α-hetero) is 4. The fraction of sp³-hybridized carbons (Fsp3) is 0.655. The van der Waals surface area contributed by atoms with Gasteiger partial charge in [0.1, 0.15) is 6.04 Å². The third-order valence-electron chi connectivity index (χ3n) is 14.1. The van der Waals surface area contributed by atoms with Crippen molar-refractivity contribution in [2.75, 3.05) is 26.2 Å². The second-order valence-electron chi connectivity index (χ2n) is 20.8. The lowest BCUT2D eigenvalue weighted by Gasteiger charge is -2.28. The number of guanidine groups is 2. The standard InChI is InChI=1S/C55H91N13O13/c1-7-31(3)47(45(74)27-37(24-35-16-10-9-11-17-35)51(79)68-48(49(57)77)32(4)8-2)67-52(80)38(29-46(75)76)26-42(71)33(5)64-53(81)39(30-69)28-44(73)41(20-15-23-63-55(60)61)66-50(78)36(18-14-22-62-54(58)59)25-43(72)40(65-34(6)70)19-12-13-21-56/h9-11,16-17,31-33,36-41,47-48,69H,7-8,12-15,18-30,56H2,1-6H3,(H2,57,77)(H,64,81)(H,65,70)(H,66,78)(H,67,80)(H,68,79)(H,75,76)(H4,58,59,62)(H4,60,61,63)/t31-,32-,33-,36+,37+,38-,39-,40-,41-,47-,48-/m0/s1. The van der Waals surface area contributed by atoms with Gasteiger partial charge >= 0.3 is 5.97 Å². The summed E-state index contributed by atoms with van der Waals surface area (Å²) >= 11 is 0. The number of nitrogens with one attached hydrogen (secondary N) is 5. The zero-order valence-corrected chi connectivity index (χ0v) is 47.9. The van der Waals surface area contributed by atoms with Crippen LogP contribution in [0.25, 0.3) is 0 Å². The number of amides is 6. The number of unbranched alkanes of at least 4 members (excludes halogenated alkanes) is 1. The van der Waals surface area contributed by atoms with Crippen LogP contribution in [0.5, 0.6) is 0 Å². The first kappa shape index (κ1) is 71.7. The van der Waals surface area contributed by atoms with Gasteiger partial charge in [-0.2, -0.15) is 0 Å². The number of carbonyl (C=O) groups is 11. The predicted molar refractivity (Wildman–Crippen MR) is 304 cm³/mol. The van der Waals surface area contributed by atoms with Crippen LogP contribution in [0.1, 0.15) is 137 Å². The van der Waals surface area contributed by atoms with Crippen molar-refractivity contribution in [2.24, 2.45) is 79.9 Å². The molecular weight excluding hydrogens is 1050 g/mol. The summed E-state index contributed by atoms with van der Waals surface area (Å²) in [6.07, 6.45) is -0.261. The Labute approximate surface area is 474 Å². The number of aliphatic carboxylic acids is 1. The van der Waals surface area contributed by atoms with E-state index in [1.807, 2.05) is 6.92 Å². The van der Waals surface area contributed by atoms with E-state index in [-0.39, 0.29) is 75.9 Å². The van der Waals surface area contributed by atoms with E-state index in [0.717, 1.165) is 0 Å². The molecule has 19 N–H and O–H groups in total. The van der Waals surface area contributed by atoms with E-state index in [1.54, 1.807) is 51.1 Å². The number of primary amides is 1. The molecule has 0 aliphatic rings. The molecule has 0 aliphatic carbocycles. The second kappa shape index (κ2) is 38.3. The summed E-state index contributed by atoms with van der Waals surface area (Å²) in [5.41, 5.74) is 33.9. The van der Waals surface area contributed by atoms with Gasteiger partial charge in [0, 0.05) is 57.5 Å². The highest BCUT2D eigenvalue weighted by Crippen LogP contribution is 2.23. The lowest BCUT2D eigenvalue weighted by atomic mass is 9.86. The van der Waals surface area contributed by atoms with Crippen LogP contribution in [-0.2, 0) is 59.2 Å². The van der Waals surface area contributed by atoms with Crippen molar-refractivity contribution < 1.29 is 63.0 Å². The molecule has 0 aromatic heterocycles. The Morgan fingerprint density at radius 3 is 1.52 bits per heavy atom. The number of hydrogen-bond acceptors (Lipinski definition) is 15. The lowest BCUT2D eigenvalue weighted by Crippen LogP contribution is -2.52. The Hall–Kier alpha value is -7.35. The first-order chi connectivity index (χ1) is 38.2. The van der Waals surface area contributed by atoms with Crippen molar-refractivity contribution in [2.45, 2.75) is 168 Å². The van der Waals surface area contributed by atoms with Gasteiger partial charge in [-0.15, -0.1) is 0 Å². The summed E-state index contributed by atoms with van der Waals surface area (Å²) in [6.45, 7) is 9.13. The molecule has 26 heteroatoms. The minimum atomic E-state index is -1.55. The zero-order chi connectivity index (χ0) is 61.4. The number of carboxylic acid groups (broad SMARTS) is 1. The third-order valence-corrected chi connectivity index (χ3v) is 14.1. The van der Waals surface area contributed by atoms with Crippen LogP contribution >= 0.6 is 0 Å². The van der Waals surface area contributed by atoms with Crippen molar-refractivity contribution in [3.05, 3.63) is 35.9 Å². The van der Waals surface area contributed by atoms with E-state index in [4.69, 9.17) is 34.4 Å². The molecular formula is C55H91N13O13. The van der Waals surface area contributed by atoms with E-state index >= 15 is 0 Å². The molecule has 0 fully saturated rings. The van der Waals surface area contributed by atoms with Crippen LogP contribution in [0.4, 0.5) is 0 Å². The van der Waals surface area contributed by atoms with E-state index < -0.39 is 157 Å². The summed E-state index contributed by atoms with van der Waals surface area (Å²) in [5, 5.41) is 33.4. The highest BCUT2D eigenvalue weighted by atomic mass is 16.4. The van der Waals surface area contributed by atoms with Gasteiger partial charge in [0.15, 0.2) is 35.1 Å². The lowest BCUT2D eigenvalue weighted by molar-refractivity contribution is -0.143. The molecule has 0 aliphatic heterocycles. The molecule has 1 rings (SSSR count). The van der Waals surface area contributed by atoms with Crippen LogP contribution in [-0.4, -0.2) is 143 Å². The number of aliphatic imine (C=N–C) groups is 2. The quantitative estimate of drug-likeness (QED) is 0.0218. The molecule has 0 radical (unpaired) electrons. The average molecular weight is 1140 g/mol. The number of nitrogens with zero attached hydrogens (tertiary/aromatic N) is 2. The van der Waals surface area contributed by atoms with Gasteiger partial charge in [-0.3, -0.25) is 62.7 Å². The van der Waals surface area contributed by atoms with E-state index in [9.17, 15) is 63.0 Å². The van der Waals surface area contributed by atoms with Crippen molar-refractivity contribution in [3.63, 3.8) is 0 Å².